The van der Waals surface area contributed by atoms with Crippen LogP contribution in [0.15, 0.2) is 41.8 Å². The molecule has 0 unspecified atom stereocenters. The summed E-state index contributed by atoms with van der Waals surface area (Å²) in [6, 6.07) is 10.1. The second-order valence-electron chi connectivity index (χ2n) is 5.26. The molecule has 0 radical (unpaired) electrons. The normalized spacial score (nSPS) is 13.1. The molecule has 1 atom stereocenters. The van der Waals surface area contributed by atoms with Crippen molar-refractivity contribution in [2.24, 2.45) is 5.73 Å². The Labute approximate surface area is 136 Å². The van der Waals surface area contributed by atoms with Crippen molar-refractivity contribution < 1.29 is 19.5 Å². The highest BCUT2D eigenvalue weighted by Gasteiger charge is 2.37. The highest BCUT2D eigenvalue weighted by molar-refractivity contribution is 7.14. The first-order valence-electron chi connectivity index (χ1n) is 6.80. The fourth-order valence-electron chi connectivity index (χ4n) is 2.20. The number of amides is 2. The summed E-state index contributed by atoms with van der Waals surface area (Å²) in [5.74, 6) is -2.24. The molecular weight excluding hydrogens is 316 g/mol. The summed E-state index contributed by atoms with van der Waals surface area (Å²) >= 11 is 1.16. The van der Waals surface area contributed by atoms with E-state index < -0.39 is 23.2 Å². The van der Waals surface area contributed by atoms with Crippen molar-refractivity contribution in [1.82, 2.24) is 0 Å². The molecule has 0 aliphatic carbocycles. The summed E-state index contributed by atoms with van der Waals surface area (Å²) in [7, 11) is 0. The number of hydrogen-bond acceptors (Lipinski definition) is 4. The monoisotopic (exact) mass is 332 g/mol. The van der Waals surface area contributed by atoms with Crippen molar-refractivity contribution in [1.29, 1.82) is 0 Å². The molecule has 2 aromatic rings. The first-order chi connectivity index (χ1) is 10.8. The van der Waals surface area contributed by atoms with Crippen LogP contribution in [0.4, 0.5) is 5.00 Å². The quantitative estimate of drug-likeness (QED) is 0.753. The van der Waals surface area contributed by atoms with Gasteiger partial charge in [-0.1, -0.05) is 30.3 Å². The number of carbonyl (C=O) groups excluding carboxylic acids is 2. The number of benzene rings is 1. The third-order valence-electron chi connectivity index (χ3n) is 3.58. The number of anilines is 1. The molecule has 120 valence electrons. The molecule has 2 rings (SSSR count). The molecule has 0 aliphatic rings. The lowest BCUT2D eigenvalue weighted by atomic mass is 9.79. The van der Waals surface area contributed by atoms with Gasteiger partial charge in [0, 0.05) is 6.42 Å². The van der Waals surface area contributed by atoms with E-state index in [-0.39, 0.29) is 12.0 Å². The van der Waals surface area contributed by atoms with E-state index in [9.17, 15) is 19.5 Å². The summed E-state index contributed by atoms with van der Waals surface area (Å²) < 4.78 is 0. The zero-order valence-electron chi connectivity index (χ0n) is 12.4. The van der Waals surface area contributed by atoms with E-state index in [1.165, 1.54) is 13.0 Å². The molecule has 0 bridgehead atoms. The maximum atomic E-state index is 12.3. The van der Waals surface area contributed by atoms with Crippen LogP contribution in [0.3, 0.4) is 0 Å². The van der Waals surface area contributed by atoms with Gasteiger partial charge in [0.2, 0.25) is 5.91 Å². The van der Waals surface area contributed by atoms with E-state index in [4.69, 9.17) is 5.73 Å². The van der Waals surface area contributed by atoms with Gasteiger partial charge in [-0.05, 0) is 23.9 Å². The lowest BCUT2D eigenvalue weighted by Crippen LogP contribution is -2.36. The van der Waals surface area contributed by atoms with Gasteiger partial charge in [0.05, 0.1) is 11.0 Å². The van der Waals surface area contributed by atoms with Gasteiger partial charge < -0.3 is 16.2 Å². The van der Waals surface area contributed by atoms with E-state index in [0.717, 1.165) is 11.3 Å². The zero-order chi connectivity index (χ0) is 17.0. The number of carboxylic acids is 1. The SMILES string of the molecule is C[C@@](CC(=O)Nc1sccc1C(N)=O)(C(=O)O)c1ccccc1. The Hall–Kier alpha value is -2.67. The minimum atomic E-state index is -1.37. The molecule has 0 spiro atoms. The maximum Gasteiger partial charge on any atom is 0.314 e. The molecule has 0 aliphatic heterocycles. The Balaban J connectivity index is 2.21. The number of thiophene rings is 1. The second kappa shape index (κ2) is 6.62. The van der Waals surface area contributed by atoms with Gasteiger partial charge in [0.15, 0.2) is 0 Å². The van der Waals surface area contributed by atoms with Gasteiger partial charge >= 0.3 is 5.97 Å². The van der Waals surface area contributed by atoms with E-state index >= 15 is 0 Å². The topological polar surface area (TPSA) is 109 Å². The Bertz CT molecular complexity index is 742. The van der Waals surface area contributed by atoms with Gasteiger partial charge in [-0.25, -0.2) is 0 Å². The third-order valence-corrected chi connectivity index (χ3v) is 4.41. The Morgan fingerprint density at radius 1 is 1.22 bits per heavy atom. The number of nitrogens with one attached hydrogen (secondary N) is 1. The van der Waals surface area contributed by atoms with Crippen LogP contribution in [-0.4, -0.2) is 22.9 Å². The van der Waals surface area contributed by atoms with Gasteiger partial charge in [-0.3, -0.25) is 14.4 Å². The highest BCUT2D eigenvalue weighted by Crippen LogP contribution is 2.30. The minimum Gasteiger partial charge on any atom is -0.481 e. The number of nitrogens with two attached hydrogens (primary N) is 1. The van der Waals surface area contributed by atoms with Crippen molar-refractivity contribution in [3.8, 4) is 0 Å². The first-order valence-corrected chi connectivity index (χ1v) is 7.68. The number of rotatable bonds is 6. The van der Waals surface area contributed by atoms with Gasteiger partial charge in [-0.15, -0.1) is 11.3 Å². The van der Waals surface area contributed by atoms with Crippen LogP contribution in [0.5, 0.6) is 0 Å². The van der Waals surface area contributed by atoms with E-state index in [2.05, 4.69) is 5.32 Å². The predicted molar refractivity (Wildman–Crippen MR) is 87.5 cm³/mol. The molecule has 6 nitrogen and oxygen atoms in total. The summed E-state index contributed by atoms with van der Waals surface area (Å²) in [4.78, 5) is 35.2. The van der Waals surface area contributed by atoms with Crippen LogP contribution in [0.2, 0.25) is 0 Å². The van der Waals surface area contributed by atoms with Crippen LogP contribution >= 0.6 is 11.3 Å². The Kier molecular flexibility index (Phi) is 4.80. The highest BCUT2D eigenvalue weighted by atomic mass is 32.1. The van der Waals surface area contributed by atoms with Crippen LogP contribution in [-0.2, 0) is 15.0 Å². The summed E-state index contributed by atoms with van der Waals surface area (Å²) in [5.41, 5.74) is 4.60. The van der Waals surface area contributed by atoms with Crippen LogP contribution in [0.25, 0.3) is 0 Å². The number of carboxylic acid groups (broad SMARTS) is 1. The van der Waals surface area contributed by atoms with Crippen molar-refractivity contribution in [2.45, 2.75) is 18.8 Å². The zero-order valence-corrected chi connectivity index (χ0v) is 13.2. The maximum absolute atomic E-state index is 12.3. The minimum absolute atomic E-state index is 0.208. The molecule has 1 aromatic carbocycles. The molecule has 7 heteroatoms. The molecule has 23 heavy (non-hydrogen) atoms. The second-order valence-corrected chi connectivity index (χ2v) is 6.17. The molecule has 2 amide bonds. The van der Waals surface area contributed by atoms with Crippen LogP contribution in [0.1, 0.15) is 29.3 Å². The fraction of sp³-hybridized carbons (Fsp3) is 0.188. The number of primary amides is 1. The van der Waals surface area contributed by atoms with Crippen LogP contribution in [0, 0.1) is 0 Å². The van der Waals surface area contributed by atoms with Crippen molar-refractivity contribution in [3.05, 3.63) is 52.9 Å². The fourth-order valence-corrected chi connectivity index (χ4v) is 3.01. The lowest BCUT2D eigenvalue weighted by molar-refractivity contribution is -0.145. The third kappa shape index (κ3) is 3.57. The largest absolute Gasteiger partial charge is 0.481 e. The summed E-state index contributed by atoms with van der Waals surface area (Å²) in [6.07, 6.45) is -0.261. The van der Waals surface area contributed by atoms with Crippen molar-refractivity contribution >= 4 is 34.1 Å². The molecule has 1 heterocycles. The number of aliphatic carboxylic acids is 1. The van der Waals surface area contributed by atoms with Gasteiger partial charge in [0.25, 0.3) is 5.91 Å². The molecule has 0 fully saturated rings. The van der Waals surface area contributed by atoms with E-state index in [1.807, 2.05) is 0 Å². The number of carbonyl (C=O) groups is 3. The summed E-state index contributed by atoms with van der Waals surface area (Å²) in [5, 5.41) is 14.1. The molecule has 1 aromatic heterocycles. The summed E-state index contributed by atoms with van der Waals surface area (Å²) in [6.45, 7) is 1.49. The molecular formula is C16H16N2O4S. The van der Waals surface area contributed by atoms with Gasteiger partial charge in [0.1, 0.15) is 5.00 Å². The average molecular weight is 332 g/mol. The van der Waals surface area contributed by atoms with Crippen LogP contribution < -0.4 is 11.1 Å². The molecule has 0 saturated heterocycles. The smallest absolute Gasteiger partial charge is 0.314 e. The predicted octanol–water partition coefficient (Wildman–Crippen LogP) is 2.22. The van der Waals surface area contributed by atoms with E-state index in [1.54, 1.807) is 35.7 Å². The van der Waals surface area contributed by atoms with E-state index in [0.29, 0.717) is 10.6 Å². The first kappa shape index (κ1) is 16.7. The van der Waals surface area contributed by atoms with Crippen molar-refractivity contribution in [2.75, 3.05) is 5.32 Å². The average Bonchev–Trinajstić information content (AvgIpc) is 2.96. The Morgan fingerprint density at radius 3 is 2.43 bits per heavy atom. The standard InChI is InChI=1S/C16H16N2O4S/c1-16(15(21)22,10-5-3-2-4-6-10)9-12(19)18-14-11(13(17)20)7-8-23-14/h2-8H,9H2,1H3,(H2,17,20)(H,18,19)(H,21,22)/t16-/m0/s1. The molecule has 0 saturated carbocycles. The number of hydrogen-bond donors (Lipinski definition) is 3. The lowest BCUT2D eigenvalue weighted by Gasteiger charge is -2.24. The Morgan fingerprint density at radius 2 is 1.87 bits per heavy atom. The van der Waals surface area contributed by atoms with Gasteiger partial charge in [-0.2, -0.15) is 0 Å². The van der Waals surface area contributed by atoms with Crippen molar-refractivity contribution in [3.63, 3.8) is 0 Å². The molecule has 4 N–H and O–H groups in total.